The molecule has 2 amide bonds. The molecule has 0 bridgehead atoms. The Balaban J connectivity index is 2.13. The highest BCUT2D eigenvalue weighted by Crippen LogP contribution is 2.30. The number of carbonyl (C=O) groups excluding carboxylic acids is 1. The van der Waals surface area contributed by atoms with Crippen molar-refractivity contribution < 1.29 is 4.79 Å². The zero-order valence-corrected chi connectivity index (χ0v) is 17.0. The van der Waals surface area contributed by atoms with Crippen LogP contribution in [-0.4, -0.2) is 48.6 Å². The monoisotopic (exact) mass is 395 g/mol. The second-order valence-electron chi connectivity index (χ2n) is 6.84. The van der Waals surface area contributed by atoms with Crippen molar-refractivity contribution in [1.82, 2.24) is 15.1 Å². The highest BCUT2D eigenvalue weighted by molar-refractivity contribution is 6.42. The smallest absolute Gasteiger partial charge is 0.318 e. The van der Waals surface area contributed by atoms with Gasteiger partial charge in [0.15, 0.2) is 0 Å². The van der Waals surface area contributed by atoms with E-state index in [-0.39, 0.29) is 18.1 Å². The Hall–Kier alpha value is -1.49. The van der Waals surface area contributed by atoms with Crippen LogP contribution in [0.1, 0.15) is 31.4 Å². The fraction of sp³-hybridized carbons (Fsp3) is 0.450. The number of nitrogens with zero attached hydrogens (tertiary/aromatic N) is 2. The van der Waals surface area contributed by atoms with Crippen LogP contribution in [0.5, 0.6) is 0 Å². The van der Waals surface area contributed by atoms with Gasteiger partial charge in [0.05, 0.1) is 16.1 Å². The van der Waals surface area contributed by atoms with Gasteiger partial charge >= 0.3 is 6.03 Å². The van der Waals surface area contributed by atoms with E-state index in [4.69, 9.17) is 23.2 Å². The summed E-state index contributed by atoms with van der Waals surface area (Å²) in [5.74, 6) is 0. The van der Waals surface area contributed by atoms with Crippen LogP contribution < -0.4 is 5.32 Å². The maximum absolute atomic E-state index is 13.0. The topological polar surface area (TPSA) is 35.6 Å². The first-order chi connectivity index (χ1) is 12.3. The molecule has 142 valence electrons. The van der Waals surface area contributed by atoms with Gasteiger partial charge in [-0.15, -0.1) is 0 Å². The van der Waals surface area contributed by atoms with E-state index in [1.165, 1.54) is 0 Å². The highest BCUT2D eigenvalue weighted by Gasteiger charge is 2.28. The van der Waals surface area contributed by atoms with Crippen molar-refractivity contribution in [2.24, 2.45) is 0 Å². The van der Waals surface area contributed by atoms with Gasteiger partial charge in [-0.3, -0.25) is 0 Å². The van der Waals surface area contributed by atoms with Crippen molar-refractivity contribution in [3.8, 4) is 0 Å². The summed E-state index contributed by atoms with van der Waals surface area (Å²) in [6.45, 7) is 12.1. The third-order valence-electron chi connectivity index (χ3n) is 4.84. The molecule has 1 unspecified atom stereocenters. The molecule has 1 aromatic carbocycles. The molecule has 1 aliphatic rings. The molecule has 1 aromatic rings. The van der Waals surface area contributed by atoms with E-state index >= 15 is 0 Å². The summed E-state index contributed by atoms with van der Waals surface area (Å²) in [5, 5.41) is 4.02. The van der Waals surface area contributed by atoms with Gasteiger partial charge in [-0.05, 0) is 57.1 Å². The Labute approximate surface area is 166 Å². The van der Waals surface area contributed by atoms with E-state index in [9.17, 15) is 4.79 Å². The number of carbonyl (C=O) groups is 1. The fourth-order valence-electron chi connectivity index (χ4n) is 3.16. The van der Waals surface area contributed by atoms with Crippen LogP contribution in [0.2, 0.25) is 10.0 Å². The molecule has 4 nitrogen and oxygen atoms in total. The van der Waals surface area contributed by atoms with Gasteiger partial charge in [0, 0.05) is 12.6 Å². The number of hydrogen-bond donors (Lipinski definition) is 1. The molecule has 1 N–H and O–H groups in total. The molecule has 26 heavy (non-hydrogen) atoms. The van der Waals surface area contributed by atoms with Gasteiger partial charge in [0.2, 0.25) is 0 Å². The summed E-state index contributed by atoms with van der Waals surface area (Å²) in [4.78, 5) is 17.2. The molecule has 1 saturated heterocycles. The van der Waals surface area contributed by atoms with E-state index in [0.717, 1.165) is 37.1 Å². The van der Waals surface area contributed by atoms with E-state index in [1.807, 2.05) is 24.0 Å². The number of likely N-dealkylation sites (tertiary alicyclic amines) is 1. The van der Waals surface area contributed by atoms with Crippen molar-refractivity contribution in [3.63, 3.8) is 0 Å². The van der Waals surface area contributed by atoms with Crippen LogP contribution >= 0.6 is 23.2 Å². The van der Waals surface area contributed by atoms with Crippen molar-refractivity contribution in [2.45, 2.75) is 31.8 Å². The summed E-state index contributed by atoms with van der Waals surface area (Å²) in [6.07, 6.45) is 3.59. The lowest BCUT2D eigenvalue weighted by molar-refractivity contribution is 0.136. The zero-order chi connectivity index (χ0) is 19.3. The fourth-order valence-corrected chi connectivity index (χ4v) is 3.63. The number of amides is 2. The Kier molecular flexibility index (Phi) is 7.56. The molecule has 0 saturated carbocycles. The first-order valence-electron chi connectivity index (χ1n) is 8.83. The average Bonchev–Trinajstić information content (AvgIpc) is 2.62. The second kappa shape index (κ2) is 9.45. The number of rotatable bonds is 6. The normalized spacial score (nSPS) is 16.8. The van der Waals surface area contributed by atoms with Crippen LogP contribution in [-0.2, 0) is 0 Å². The Morgan fingerprint density at radius 2 is 2.08 bits per heavy atom. The van der Waals surface area contributed by atoms with E-state index in [1.54, 1.807) is 12.1 Å². The van der Waals surface area contributed by atoms with Crippen LogP contribution in [0.3, 0.4) is 0 Å². The summed E-state index contributed by atoms with van der Waals surface area (Å²) >= 11 is 12.4. The molecule has 6 heteroatoms. The van der Waals surface area contributed by atoms with Crippen LogP contribution in [0, 0.1) is 0 Å². The molecule has 1 atom stereocenters. The van der Waals surface area contributed by atoms with Gasteiger partial charge in [-0.1, -0.05) is 54.6 Å². The molecule has 2 rings (SSSR count). The number of benzene rings is 1. The SMILES string of the molecule is C=CC(=C)CN(C(=O)NC(C)c1cccc(Cl)c1Cl)C1CCN(C)CC1. The second-order valence-corrected chi connectivity index (χ2v) is 7.62. The third kappa shape index (κ3) is 5.26. The van der Waals surface area contributed by atoms with Gasteiger partial charge in [0.1, 0.15) is 0 Å². The summed E-state index contributed by atoms with van der Waals surface area (Å²) in [5.41, 5.74) is 1.63. The van der Waals surface area contributed by atoms with Gasteiger partial charge in [0.25, 0.3) is 0 Å². The maximum atomic E-state index is 13.0. The Morgan fingerprint density at radius 3 is 2.69 bits per heavy atom. The molecule has 0 aliphatic carbocycles. The largest absolute Gasteiger partial charge is 0.331 e. The Morgan fingerprint density at radius 1 is 1.42 bits per heavy atom. The van der Waals surface area contributed by atoms with Crippen LogP contribution in [0.4, 0.5) is 4.79 Å². The highest BCUT2D eigenvalue weighted by atomic mass is 35.5. The molecule has 0 radical (unpaired) electrons. The summed E-state index contributed by atoms with van der Waals surface area (Å²) in [7, 11) is 2.10. The minimum absolute atomic E-state index is 0.119. The van der Waals surface area contributed by atoms with Gasteiger partial charge < -0.3 is 15.1 Å². The zero-order valence-electron chi connectivity index (χ0n) is 15.5. The number of halogens is 2. The first-order valence-corrected chi connectivity index (χ1v) is 9.58. The Bertz CT molecular complexity index is 669. The lowest BCUT2D eigenvalue weighted by Gasteiger charge is -2.38. The van der Waals surface area contributed by atoms with Crippen molar-refractivity contribution >= 4 is 29.2 Å². The lowest BCUT2D eigenvalue weighted by Crippen LogP contribution is -2.51. The predicted octanol–water partition coefficient (Wildman–Crippen LogP) is 4.90. The first kappa shape index (κ1) is 20.8. The molecule has 1 heterocycles. The maximum Gasteiger partial charge on any atom is 0.318 e. The molecule has 1 fully saturated rings. The molecule has 0 aromatic heterocycles. The number of piperidine rings is 1. The van der Waals surface area contributed by atoms with Gasteiger partial charge in [-0.25, -0.2) is 4.79 Å². The summed E-state index contributed by atoms with van der Waals surface area (Å²) in [6, 6.07) is 5.26. The molecule has 1 aliphatic heterocycles. The third-order valence-corrected chi connectivity index (χ3v) is 5.67. The van der Waals surface area contributed by atoms with E-state index in [2.05, 4.69) is 30.4 Å². The van der Waals surface area contributed by atoms with E-state index in [0.29, 0.717) is 16.6 Å². The predicted molar refractivity (Wildman–Crippen MR) is 110 cm³/mol. The number of urea groups is 1. The van der Waals surface area contributed by atoms with Crippen molar-refractivity contribution in [1.29, 1.82) is 0 Å². The number of nitrogens with one attached hydrogen (secondary N) is 1. The standard InChI is InChI=1S/C20H27Cl2N3O/c1-5-14(2)13-25(16-9-11-24(4)12-10-16)20(26)23-15(3)17-7-6-8-18(21)19(17)22/h5-8,15-16H,1-2,9-13H2,3-4H3,(H,23,26). The lowest BCUT2D eigenvalue weighted by atomic mass is 10.0. The molecular formula is C20H27Cl2N3O. The summed E-state index contributed by atoms with van der Waals surface area (Å²) < 4.78 is 0. The minimum atomic E-state index is -0.250. The van der Waals surface area contributed by atoms with Crippen LogP contribution in [0.15, 0.2) is 43.0 Å². The van der Waals surface area contributed by atoms with Crippen LogP contribution in [0.25, 0.3) is 0 Å². The van der Waals surface area contributed by atoms with Crippen molar-refractivity contribution in [2.75, 3.05) is 26.7 Å². The van der Waals surface area contributed by atoms with E-state index < -0.39 is 0 Å². The molecular weight excluding hydrogens is 369 g/mol. The average molecular weight is 396 g/mol. The van der Waals surface area contributed by atoms with Gasteiger partial charge in [-0.2, -0.15) is 0 Å². The van der Waals surface area contributed by atoms with Crippen molar-refractivity contribution in [3.05, 3.63) is 58.6 Å². The molecule has 0 spiro atoms. The number of hydrogen-bond acceptors (Lipinski definition) is 2. The quantitative estimate of drug-likeness (QED) is 0.694. The minimum Gasteiger partial charge on any atom is -0.331 e.